The largest absolute Gasteiger partial charge is 0.332 e. The van der Waals surface area contributed by atoms with Gasteiger partial charge in [-0.1, -0.05) is 23.5 Å². The molecule has 0 saturated carbocycles. The zero-order valence-corrected chi connectivity index (χ0v) is 10.1. The highest BCUT2D eigenvalue weighted by molar-refractivity contribution is 7.22. The predicted molar refractivity (Wildman–Crippen MR) is 74.8 cm³/mol. The third-order valence-electron chi connectivity index (χ3n) is 2.52. The number of benzene rings is 2. The number of para-hydroxylation sites is 1. The molecule has 0 unspecified atom stereocenters. The van der Waals surface area contributed by atoms with E-state index in [9.17, 15) is 4.91 Å². The Balaban J connectivity index is 1.88. The van der Waals surface area contributed by atoms with Gasteiger partial charge in [-0.2, -0.15) is 0 Å². The zero-order chi connectivity index (χ0) is 12.4. The first-order chi connectivity index (χ1) is 8.85. The molecular formula is C13H9N3OS. The van der Waals surface area contributed by atoms with Gasteiger partial charge in [0.05, 0.1) is 10.2 Å². The molecule has 0 aliphatic heterocycles. The van der Waals surface area contributed by atoms with Crippen molar-refractivity contribution in [2.75, 3.05) is 5.32 Å². The topological polar surface area (TPSA) is 54.4 Å². The fourth-order valence-electron chi connectivity index (χ4n) is 1.65. The Morgan fingerprint density at radius 2 is 1.83 bits per heavy atom. The van der Waals surface area contributed by atoms with Crippen molar-refractivity contribution in [2.45, 2.75) is 0 Å². The fraction of sp³-hybridized carbons (Fsp3) is 0. The second-order valence-electron chi connectivity index (χ2n) is 3.75. The Labute approximate surface area is 107 Å². The van der Waals surface area contributed by atoms with Crippen LogP contribution in [0.4, 0.5) is 16.5 Å². The lowest BCUT2D eigenvalue weighted by Crippen LogP contribution is -1.87. The van der Waals surface area contributed by atoms with Crippen molar-refractivity contribution in [2.24, 2.45) is 5.18 Å². The van der Waals surface area contributed by atoms with E-state index in [0.29, 0.717) is 5.69 Å². The molecule has 1 aromatic heterocycles. The highest BCUT2D eigenvalue weighted by Gasteiger charge is 2.03. The Bertz CT molecular complexity index is 658. The number of nitroso groups, excluding NO2 is 1. The number of rotatable bonds is 3. The summed E-state index contributed by atoms with van der Waals surface area (Å²) in [4.78, 5) is 14.8. The maximum atomic E-state index is 10.3. The maximum absolute atomic E-state index is 10.3. The van der Waals surface area contributed by atoms with E-state index < -0.39 is 0 Å². The van der Waals surface area contributed by atoms with Gasteiger partial charge in [0.2, 0.25) is 0 Å². The first-order valence-electron chi connectivity index (χ1n) is 5.41. The Kier molecular flexibility index (Phi) is 2.74. The first kappa shape index (κ1) is 10.9. The van der Waals surface area contributed by atoms with E-state index in [1.807, 2.05) is 36.4 Å². The van der Waals surface area contributed by atoms with Crippen molar-refractivity contribution in [3.63, 3.8) is 0 Å². The molecule has 0 saturated heterocycles. The van der Waals surface area contributed by atoms with Crippen LogP contribution < -0.4 is 5.32 Å². The summed E-state index contributed by atoms with van der Waals surface area (Å²) in [7, 11) is 0. The molecule has 3 rings (SSSR count). The van der Waals surface area contributed by atoms with E-state index in [1.54, 1.807) is 23.5 Å². The highest BCUT2D eigenvalue weighted by atomic mass is 32.1. The number of hydrogen-bond acceptors (Lipinski definition) is 5. The molecule has 0 fully saturated rings. The Morgan fingerprint density at radius 3 is 2.56 bits per heavy atom. The van der Waals surface area contributed by atoms with Crippen molar-refractivity contribution in [1.82, 2.24) is 4.98 Å². The summed E-state index contributed by atoms with van der Waals surface area (Å²) in [6, 6.07) is 14.9. The van der Waals surface area contributed by atoms with Crippen LogP contribution in [0.15, 0.2) is 53.7 Å². The van der Waals surface area contributed by atoms with Crippen molar-refractivity contribution >= 4 is 38.1 Å². The van der Waals surface area contributed by atoms with E-state index in [2.05, 4.69) is 15.5 Å². The van der Waals surface area contributed by atoms with Gasteiger partial charge in [0.15, 0.2) is 5.13 Å². The minimum absolute atomic E-state index is 0.421. The van der Waals surface area contributed by atoms with Crippen LogP contribution in [-0.4, -0.2) is 4.98 Å². The summed E-state index contributed by atoms with van der Waals surface area (Å²) >= 11 is 1.59. The fourth-order valence-corrected chi connectivity index (χ4v) is 2.54. The minimum atomic E-state index is 0.421. The second-order valence-corrected chi connectivity index (χ2v) is 4.78. The number of anilines is 2. The summed E-state index contributed by atoms with van der Waals surface area (Å²) in [5.74, 6) is 0. The standard InChI is InChI=1S/C13H9N3OS/c17-16-10-7-5-9(6-8-10)14-13-15-11-3-1-2-4-12(11)18-13/h1-8H,(H,14,15). The molecule has 0 spiro atoms. The van der Waals surface area contributed by atoms with Crippen LogP contribution in [0.2, 0.25) is 0 Å². The minimum Gasteiger partial charge on any atom is -0.332 e. The lowest BCUT2D eigenvalue weighted by molar-refractivity contribution is 1.43. The van der Waals surface area contributed by atoms with E-state index in [1.165, 1.54) is 0 Å². The summed E-state index contributed by atoms with van der Waals surface area (Å²) in [6.45, 7) is 0. The lowest BCUT2D eigenvalue weighted by Gasteiger charge is -2.01. The normalized spacial score (nSPS) is 10.4. The van der Waals surface area contributed by atoms with Crippen LogP contribution in [0.1, 0.15) is 0 Å². The number of aromatic nitrogens is 1. The smallest absolute Gasteiger partial charge is 0.188 e. The highest BCUT2D eigenvalue weighted by Crippen LogP contribution is 2.28. The number of hydrogen-bond donors (Lipinski definition) is 1. The Morgan fingerprint density at radius 1 is 1.06 bits per heavy atom. The van der Waals surface area contributed by atoms with Gasteiger partial charge >= 0.3 is 0 Å². The molecule has 0 aliphatic carbocycles. The molecule has 2 aromatic carbocycles. The number of fused-ring (bicyclic) bond motifs is 1. The van der Waals surface area contributed by atoms with Crippen molar-refractivity contribution in [3.8, 4) is 0 Å². The van der Waals surface area contributed by atoms with Gasteiger partial charge in [-0.25, -0.2) is 4.98 Å². The van der Waals surface area contributed by atoms with Crippen LogP contribution in [-0.2, 0) is 0 Å². The summed E-state index contributed by atoms with van der Waals surface area (Å²) in [5, 5.41) is 6.91. The molecule has 5 heteroatoms. The predicted octanol–water partition coefficient (Wildman–Crippen LogP) is 4.44. The first-order valence-corrected chi connectivity index (χ1v) is 6.23. The molecule has 0 amide bonds. The zero-order valence-electron chi connectivity index (χ0n) is 9.33. The number of nitrogens with one attached hydrogen (secondary N) is 1. The molecule has 1 heterocycles. The summed E-state index contributed by atoms with van der Waals surface area (Å²) < 4.78 is 1.14. The molecule has 3 aromatic rings. The molecule has 88 valence electrons. The van der Waals surface area contributed by atoms with Gasteiger partial charge in [0.1, 0.15) is 5.69 Å². The summed E-state index contributed by atoms with van der Waals surface area (Å²) in [6.07, 6.45) is 0. The monoisotopic (exact) mass is 255 g/mol. The third kappa shape index (κ3) is 2.08. The molecule has 0 bridgehead atoms. The van der Waals surface area contributed by atoms with Gasteiger partial charge in [-0.15, -0.1) is 4.91 Å². The average molecular weight is 255 g/mol. The maximum Gasteiger partial charge on any atom is 0.188 e. The molecule has 0 atom stereocenters. The van der Waals surface area contributed by atoms with Crippen molar-refractivity contribution in [1.29, 1.82) is 0 Å². The molecular weight excluding hydrogens is 246 g/mol. The third-order valence-corrected chi connectivity index (χ3v) is 3.47. The second kappa shape index (κ2) is 4.54. The van der Waals surface area contributed by atoms with E-state index >= 15 is 0 Å². The molecule has 0 aliphatic rings. The number of nitrogens with zero attached hydrogens (tertiary/aromatic N) is 2. The van der Waals surface area contributed by atoms with E-state index in [0.717, 1.165) is 21.0 Å². The van der Waals surface area contributed by atoms with Crippen LogP contribution in [0.3, 0.4) is 0 Å². The number of thiazole rings is 1. The Hall–Kier alpha value is -2.27. The van der Waals surface area contributed by atoms with Crippen LogP contribution in [0.5, 0.6) is 0 Å². The van der Waals surface area contributed by atoms with Crippen molar-refractivity contribution < 1.29 is 0 Å². The van der Waals surface area contributed by atoms with Crippen LogP contribution in [0.25, 0.3) is 10.2 Å². The lowest BCUT2D eigenvalue weighted by atomic mass is 10.3. The summed E-state index contributed by atoms with van der Waals surface area (Å²) in [5.41, 5.74) is 2.29. The quantitative estimate of drug-likeness (QED) is 0.704. The van der Waals surface area contributed by atoms with E-state index in [-0.39, 0.29) is 0 Å². The molecule has 1 N–H and O–H groups in total. The molecule has 18 heavy (non-hydrogen) atoms. The average Bonchev–Trinajstić information content (AvgIpc) is 2.82. The van der Waals surface area contributed by atoms with Gasteiger partial charge in [0, 0.05) is 5.69 Å². The van der Waals surface area contributed by atoms with E-state index in [4.69, 9.17) is 0 Å². The SMILES string of the molecule is O=Nc1ccc(Nc2nc3ccccc3s2)cc1. The van der Waals surface area contributed by atoms with Gasteiger partial charge in [-0.3, -0.25) is 0 Å². The molecule has 4 nitrogen and oxygen atoms in total. The van der Waals surface area contributed by atoms with Gasteiger partial charge in [-0.05, 0) is 41.6 Å². The van der Waals surface area contributed by atoms with Crippen LogP contribution in [0, 0.1) is 4.91 Å². The van der Waals surface area contributed by atoms with Crippen molar-refractivity contribution in [3.05, 3.63) is 53.4 Å². The van der Waals surface area contributed by atoms with Gasteiger partial charge < -0.3 is 5.32 Å². The van der Waals surface area contributed by atoms with Gasteiger partial charge in [0.25, 0.3) is 0 Å². The molecule has 0 radical (unpaired) electrons. The van der Waals surface area contributed by atoms with Crippen LogP contribution >= 0.6 is 11.3 Å².